The monoisotopic (exact) mass is 205 g/mol. The van der Waals surface area contributed by atoms with Gasteiger partial charge in [0, 0.05) is 11.9 Å². The minimum Gasteiger partial charge on any atom is -0.478 e. The zero-order chi connectivity index (χ0) is 11.1. The van der Waals surface area contributed by atoms with Crippen LogP contribution in [0.4, 0.5) is 0 Å². The van der Waals surface area contributed by atoms with Gasteiger partial charge in [0.05, 0.1) is 5.56 Å². The second-order valence-corrected chi connectivity index (χ2v) is 4.98. The van der Waals surface area contributed by atoms with E-state index in [1.807, 2.05) is 0 Å². The maximum atomic E-state index is 10.8. The standard InChI is InChI=1S/C12H15NO2/c1-12(2)4-3-8-5-9(11(14)15)7-13-10(8)6-12/h5,7H,3-4,6H2,1-2H3,(H,14,15). The second-order valence-electron chi connectivity index (χ2n) is 4.98. The molecule has 80 valence electrons. The number of aromatic carboxylic acids is 1. The number of pyridine rings is 1. The van der Waals surface area contributed by atoms with Gasteiger partial charge in [0.2, 0.25) is 0 Å². The van der Waals surface area contributed by atoms with Crippen molar-refractivity contribution in [1.29, 1.82) is 0 Å². The minimum atomic E-state index is -0.893. The Labute approximate surface area is 89.2 Å². The first-order valence-electron chi connectivity index (χ1n) is 5.19. The Morgan fingerprint density at radius 1 is 1.53 bits per heavy atom. The normalized spacial score (nSPS) is 18.3. The summed E-state index contributed by atoms with van der Waals surface area (Å²) in [5, 5.41) is 8.85. The third-order valence-corrected chi connectivity index (χ3v) is 3.02. The molecule has 1 heterocycles. The summed E-state index contributed by atoms with van der Waals surface area (Å²) in [7, 11) is 0. The van der Waals surface area contributed by atoms with Crippen LogP contribution >= 0.6 is 0 Å². The SMILES string of the molecule is CC1(C)CCc2cc(C(=O)O)cnc2C1. The number of carboxylic acid groups (broad SMARTS) is 1. The lowest BCUT2D eigenvalue weighted by atomic mass is 9.76. The lowest BCUT2D eigenvalue weighted by molar-refractivity contribution is 0.0696. The highest BCUT2D eigenvalue weighted by atomic mass is 16.4. The molecule has 0 saturated heterocycles. The molecule has 1 N–H and O–H groups in total. The summed E-state index contributed by atoms with van der Waals surface area (Å²) in [6.45, 7) is 4.45. The zero-order valence-corrected chi connectivity index (χ0v) is 9.08. The minimum absolute atomic E-state index is 0.296. The van der Waals surface area contributed by atoms with Crippen LogP contribution in [0.1, 0.15) is 41.9 Å². The van der Waals surface area contributed by atoms with E-state index in [2.05, 4.69) is 18.8 Å². The molecule has 0 aromatic carbocycles. The molecular weight excluding hydrogens is 190 g/mol. The quantitative estimate of drug-likeness (QED) is 0.765. The number of nitrogens with zero attached hydrogens (tertiary/aromatic N) is 1. The van der Waals surface area contributed by atoms with Crippen LogP contribution in [0, 0.1) is 5.41 Å². The third kappa shape index (κ3) is 2.01. The summed E-state index contributed by atoms with van der Waals surface area (Å²) in [5.41, 5.74) is 2.77. The molecule has 2 rings (SSSR count). The number of hydrogen-bond donors (Lipinski definition) is 1. The largest absolute Gasteiger partial charge is 0.478 e. The van der Waals surface area contributed by atoms with Crippen molar-refractivity contribution >= 4 is 5.97 Å². The Bertz CT molecular complexity index is 410. The van der Waals surface area contributed by atoms with Crippen molar-refractivity contribution < 1.29 is 9.90 Å². The van der Waals surface area contributed by atoms with E-state index in [9.17, 15) is 4.79 Å². The number of fused-ring (bicyclic) bond motifs is 1. The fourth-order valence-electron chi connectivity index (χ4n) is 2.05. The fraction of sp³-hybridized carbons (Fsp3) is 0.500. The van der Waals surface area contributed by atoms with Crippen LogP contribution in [-0.4, -0.2) is 16.1 Å². The first kappa shape index (κ1) is 10.1. The molecule has 0 saturated carbocycles. The number of aromatic nitrogens is 1. The van der Waals surface area contributed by atoms with Crippen LogP contribution in [0.2, 0.25) is 0 Å². The second kappa shape index (κ2) is 3.33. The Morgan fingerprint density at radius 2 is 2.27 bits per heavy atom. The molecule has 0 atom stereocenters. The smallest absolute Gasteiger partial charge is 0.337 e. The molecule has 0 fully saturated rings. The molecule has 1 aromatic heterocycles. The van der Waals surface area contributed by atoms with E-state index in [1.54, 1.807) is 6.07 Å². The summed E-state index contributed by atoms with van der Waals surface area (Å²) in [6, 6.07) is 1.76. The third-order valence-electron chi connectivity index (χ3n) is 3.02. The van der Waals surface area contributed by atoms with E-state index in [4.69, 9.17) is 5.11 Å². The molecule has 0 aliphatic heterocycles. The van der Waals surface area contributed by atoms with Gasteiger partial charge in [0.25, 0.3) is 0 Å². The van der Waals surface area contributed by atoms with Crippen molar-refractivity contribution in [3.63, 3.8) is 0 Å². The van der Waals surface area contributed by atoms with Crippen LogP contribution in [0.3, 0.4) is 0 Å². The van der Waals surface area contributed by atoms with Gasteiger partial charge in [-0.15, -0.1) is 0 Å². The number of aryl methyl sites for hydroxylation is 1. The molecule has 0 amide bonds. The van der Waals surface area contributed by atoms with E-state index in [0.29, 0.717) is 11.0 Å². The van der Waals surface area contributed by atoms with Crippen LogP contribution in [0.15, 0.2) is 12.3 Å². The molecule has 0 bridgehead atoms. The Hall–Kier alpha value is -1.38. The molecule has 1 aliphatic rings. The first-order chi connectivity index (χ1) is 6.98. The average molecular weight is 205 g/mol. The molecule has 1 aromatic rings. The molecule has 0 radical (unpaired) electrons. The van der Waals surface area contributed by atoms with Gasteiger partial charge in [-0.3, -0.25) is 4.98 Å². The summed E-state index contributed by atoms with van der Waals surface area (Å²) in [4.78, 5) is 15.0. The highest BCUT2D eigenvalue weighted by Crippen LogP contribution is 2.33. The van der Waals surface area contributed by atoms with Gasteiger partial charge in [0.15, 0.2) is 0 Å². The topological polar surface area (TPSA) is 50.2 Å². The van der Waals surface area contributed by atoms with Crippen molar-refractivity contribution in [1.82, 2.24) is 4.98 Å². The maximum Gasteiger partial charge on any atom is 0.337 e. The molecule has 3 nitrogen and oxygen atoms in total. The molecular formula is C12H15NO2. The summed E-state index contributed by atoms with van der Waals surface area (Å²) < 4.78 is 0. The van der Waals surface area contributed by atoms with Gasteiger partial charge >= 0.3 is 5.97 Å². The van der Waals surface area contributed by atoms with Gasteiger partial charge < -0.3 is 5.11 Å². The first-order valence-corrected chi connectivity index (χ1v) is 5.19. The van der Waals surface area contributed by atoms with Gasteiger partial charge in [0.1, 0.15) is 0 Å². The number of rotatable bonds is 1. The van der Waals surface area contributed by atoms with Crippen LogP contribution in [-0.2, 0) is 12.8 Å². The maximum absolute atomic E-state index is 10.8. The highest BCUT2D eigenvalue weighted by molar-refractivity contribution is 5.87. The number of carbonyl (C=O) groups is 1. The summed E-state index contributed by atoms with van der Waals surface area (Å²) in [6.07, 6.45) is 4.45. The van der Waals surface area contributed by atoms with Crippen molar-refractivity contribution in [2.75, 3.05) is 0 Å². The number of hydrogen-bond acceptors (Lipinski definition) is 2. The van der Waals surface area contributed by atoms with E-state index >= 15 is 0 Å². The predicted molar refractivity (Wildman–Crippen MR) is 57.0 cm³/mol. The summed E-state index contributed by atoms with van der Waals surface area (Å²) in [5.74, 6) is -0.893. The molecule has 1 aliphatic carbocycles. The van der Waals surface area contributed by atoms with Crippen LogP contribution < -0.4 is 0 Å². The summed E-state index contributed by atoms with van der Waals surface area (Å²) >= 11 is 0. The highest BCUT2D eigenvalue weighted by Gasteiger charge is 2.26. The molecule has 0 unspecified atom stereocenters. The van der Waals surface area contributed by atoms with Crippen LogP contribution in [0.5, 0.6) is 0 Å². The van der Waals surface area contributed by atoms with Crippen molar-refractivity contribution in [2.24, 2.45) is 5.41 Å². The molecule has 15 heavy (non-hydrogen) atoms. The van der Waals surface area contributed by atoms with Gasteiger partial charge in [-0.2, -0.15) is 0 Å². The van der Waals surface area contributed by atoms with Gasteiger partial charge in [-0.25, -0.2) is 4.79 Å². The Balaban J connectivity index is 2.36. The Morgan fingerprint density at radius 3 is 2.93 bits per heavy atom. The molecule has 0 spiro atoms. The van der Waals surface area contributed by atoms with Crippen molar-refractivity contribution in [2.45, 2.75) is 33.1 Å². The fourth-order valence-corrected chi connectivity index (χ4v) is 2.05. The average Bonchev–Trinajstić information content (AvgIpc) is 2.15. The van der Waals surface area contributed by atoms with E-state index < -0.39 is 5.97 Å². The number of carboxylic acids is 1. The van der Waals surface area contributed by atoms with E-state index in [0.717, 1.165) is 30.5 Å². The predicted octanol–water partition coefficient (Wildman–Crippen LogP) is 2.29. The lowest BCUT2D eigenvalue weighted by Crippen LogP contribution is -2.23. The Kier molecular flexibility index (Phi) is 2.25. The van der Waals surface area contributed by atoms with Gasteiger partial charge in [-0.1, -0.05) is 13.8 Å². The van der Waals surface area contributed by atoms with E-state index in [1.165, 1.54) is 6.20 Å². The van der Waals surface area contributed by atoms with Crippen molar-refractivity contribution in [3.05, 3.63) is 29.1 Å². The van der Waals surface area contributed by atoms with E-state index in [-0.39, 0.29) is 0 Å². The zero-order valence-electron chi connectivity index (χ0n) is 9.08. The van der Waals surface area contributed by atoms with Gasteiger partial charge in [-0.05, 0) is 36.3 Å². The lowest BCUT2D eigenvalue weighted by Gasteiger charge is -2.30. The van der Waals surface area contributed by atoms with Crippen molar-refractivity contribution in [3.8, 4) is 0 Å². The molecule has 3 heteroatoms. The van der Waals surface area contributed by atoms with Crippen LogP contribution in [0.25, 0.3) is 0 Å².